The molecule has 0 spiro atoms. The van der Waals surface area contributed by atoms with Crippen molar-refractivity contribution in [3.8, 4) is 0 Å². The summed E-state index contributed by atoms with van der Waals surface area (Å²) < 4.78 is 4.78. The van der Waals surface area contributed by atoms with Gasteiger partial charge in [-0.1, -0.05) is 13.0 Å². The first-order chi connectivity index (χ1) is 7.18. The van der Waals surface area contributed by atoms with Gasteiger partial charge >= 0.3 is 6.09 Å². The number of carbonyl (C=O) groups is 1. The van der Waals surface area contributed by atoms with Crippen LogP contribution in [0, 0.1) is 0 Å². The molecule has 1 rings (SSSR count). The van der Waals surface area contributed by atoms with E-state index in [1.165, 1.54) is 19.3 Å². The van der Waals surface area contributed by atoms with Crippen LogP contribution in [-0.2, 0) is 4.74 Å². The molecule has 0 radical (unpaired) electrons. The van der Waals surface area contributed by atoms with Gasteiger partial charge in [0.1, 0.15) is 0 Å². The van der Waals surface area contributed by atoms with E-state index >= 15 is 0 Å². The first-order valence-electron chi connectivity index (χ1n) is 5.52. The van der Waals surface area contributed by atoms with E-state index in [1.54, 1.807) is 6.92 Å². The molecule has 15 heavy (non-hydrogen) atoms. The fourth-order valence-corrected chi connectivity index (χ4v) is 1.69. The first-order valence-corrected chi connectivity index (χ1v) is 5.52. The predicted molar refractivity (Wildman–Crippen MR) is 59.6 cm³/mol. The summed E-state index contributed by atoms with van der Waals surface area (Å²) in [4.78, 5) is 13.4. The number of rotatable bonds is 4. The predicted octanol–water partition coefficient (Wildman–Crippen LogP) is 1.73. The summed E-state index contributed by atoms with van der Waals surface area (Å²) in [6.07, 6.45) is 3.48. The van der Waals surface area contributed by atoms with E-state index in [-0.39, 0.29) is 0 Å². The summed E-state index contributed by atoms with van der Waals surface area (Å²) in [6.45, 7) is 9.01. The topological polar surface area (TPSA) is 41.6 Å². The Morgan fingerprint density at radius 2 is 2.07 bits per heavy atom. The maximum Gasteiger partial charge on any atom is 0.412 e. The van der Waals surface area contributed by atoms with Crippen LogP contribution >= 0.6 is 0 Å². The van der Waals surface area contributed by atoms with Gasteiger partial charge in [-0.15, -0.1) is 0 Å². The van der Waals surface area contributed by atoms with Gasteiger partial charge < -0.3 is 15.0 Å². The summed E-state index contributed by atoms with van der Waals surface area (Å²) in [5.74, 6) is 0.422. The smallest absolute Gasteiger partial charge is 0.412 e. The van der Waals surface area contributed by atoms with Gasteiger partial charge in [0.15, 0.2) is 0 Å². The molecule has 0 saturated carbocycles. The first kappa shape index (κ1) is 12.0. The zero-order chi connectivity index (χ0) is 11.1. The zero-order valence-corrected chi connectivity index (χ0v) is 9.42. The molecule has 1 N–H and O–H groups in total. The van der Waals surface area contributed by atoms with Crippen LogP contribution in [0.15, 0.2) is 12.3 Å². The minimum atomic E-state index is -0.403. The molecule has 86 valence electrons. The van der Waals surface area contributed by atoms with Gasteiger partial charge in [-0.05, 0) is 32.9 Å². The summed E-state index contributed by atoms with van der Waals surface area (Å²) in [7, 11) is 0. The van der Waals surface area contributed by atoms with Crippen LogP contribution in [0.3, 0.4) is 0 Å². The molecule has 0 aliphatic carbocycles. The lowest BCUT2D eigenvalue weighted by Crippen LogP contribution is -2.37. The highest BCUT2D eigenvalue weighted by atomic mass is 16.6. The Morgan fingerprint density at radius 3 is 2.67 bits per heavy atom. The molecule has 0 bridgehead atoms. The molecule has 0 aromatic heterocycles. The molecule has 4 nitrogen and oxygen atoms in total. The molecule has 1 aliphatic rings. The molecular weight excluding hydrogens is 192 g/mol. The molecule has 1 saturated heterocycles. The lowest BCUT2D eigenvalue weighted by molar-refractivity contribution is 0.172. The minimum absolute atomic E-state index is 0.403. The van der Waals surface area contributed by atoms with Crippen molar-refractivity contribution < 1.29 is 9.53 Å². The van der Waals surface area contributed by atoms with Crippen molar-refractivity contribution in [1.29, 1.82) is 0 Å². The van der Waals surface area contributed by atoms with Gasteiger partial charge in [-0.2, -0.15) is 0 Å². The molecule has 0 atom stereocenters. The molecule has 0 aromatic carbocycles. The third-order valence-corrected chi connectivity index (χ3v) is 2.41. The lowest BCUT2D eigenvalue weighted by Gasteiger charge is -2.26. The number of hydrogen-bond acceptors (Lipinski definition) is 3. The average molecular weight is 212 g/mol. The van der Waals surface area contributed by atoms with Gasteiger partial charge in [-0.25, -0.2) is 4.79 Å². The minimum Gasteiger partial charge on any atom is -0.416 e. The number of likely N-dealkylation sites (tertiary alicyclic amines) is 1. The van der Waals surface area contributed by atoms with Crippen molar-refractivity contribution in [3.05, 3.63) is 12.3 Å². The van der Waals surface area contributed by atoms with Crippen LogP contribution in [0.25, 0.3) is 0 Å². The Labute approximate surface area is 91.3 Å². The maximum absolute atomic E-state index is 11.1. The Bertz CT molecular complexity index is 223. The molecule has 1 aliphatic heterocycles. The van der Waals surface area contributed by atoms with Crippen LogP contribution in [0.2, 0.25) is 0 Å². The molecular formula is C11H20N2O2. The summed E-state index contributed by atoms with van der Waals surface area (Å²) in [5.41, 5.74) is 0. The van der Waals surface area contributed by atoms with Crippen molar-refractivity contribution in [1.82, 2.24) is 10.2 Å². The highest BCUT2D eigenvalue weighted by Crippen LogP contribution is 2.07. The number of ether oxygens (including phenoxy) is 1. The summed E-state index contributed by atoms with van der Waals surface area (Å²) in [6, 6.07) is 0. The Kier molecular flexibility index (Phi) is 5.18. The van der Waals surface area contributed by atoms with Gasteiger partial charge in [-0.3, -0.25) is 0 Å². The van der Waals surface area contributed by atoms with E-state index in [4.69, 9.17) is 4.74 Å². The van der Waals surface area contributed by atoms with Crippen molar-refractivity contribution >= 4 is 6.09 Å². The second-order valence-corrected chi connectivity index (χ2v) is 3.92. The van der Waals surface area contributed by atoms with Crippen LogP contribution in [-0.4, -0.2) is 37.2 Å². The van der Waals surface area contributed by atoms with E-state index < -0.39 is 6.09 Å². The quantitative estimate of drug-likeness (QED) is 0.722. The highest BCUT2D eigenvalue weighted by molar-refractivity contribution is 5.68. The van der Waals surface area contributed by atoms with Gasteiger partial charge in [0.05, 0.1) is 5.76 Å². The molecule has 0 aromatic rings. The molecule has 1 fully saturated rings. The number of nitrogens with zero attached hydrogens (tertiary/aromatic N) is 1. The summed E-state index contributed by atoms with van der Waals surface area (Å²) >= 11 is 0. The normalized spacial score (nSPS) is 17.1. The van der Waals surface area contributed by atoms with E-state index in [0.29, 0.717) is 12.3 Å². The average Bonchev–Trinajstić information content (AvgIpc) is 2.18. The fourth-order valence-electron chi connectivity index (χ4n) is 1.69. The second kappa shape index (κ2) is 6.45. The van der Waals surface area contributed by atoms with E-state index in [9.17, 15) is 4.79 Å². The monoisotopic (exact) mass is 212 g/mol. The SMILES string of the molecule is C=C(C)OC(=O)NCCN1CCCCC1. The number of nitrogens with one attached hydrogen (secondary N) is 1. The Balaban J connectivity index is 2.04. The second-order valence-electron chi connectivity index (χ2n) is 3.92. The van der Waals surface area contributed by atoms with Crippen molar-refractivity contribution in [2.45, 2.75) is 26.2 Å². The van der Waals surface area contributed by atoms with Gasteiger partial charge in [0.25, 0.3) is 0 Å². The Morgan fingerprint density at radius 1 is 1.40 bits per heavy atom. The van der Waals surface area contributed by atoms with Gasteiger partial charge in [0, 0.05) is 13.1 Å². The number of hydrogen-bond donors (Lipinski definition) is 1. The van der Waals surface area contributed by atoms with Crippen LogP contribution in [0.4, 0.5) is 4.79 Å². The fraction of sp³-hybridized carbons (Fsp3) is 0.727. The van der Waals surface area contributed by atoms with E-state index in [0.717, 1.165) is 19.6 Å². The number of allylic oxidation sites excluding steroid dienone is 1. The van der Waals surface area contributed by atoms with E-state index in [1.807, 2.05) is 0 Å². The highest BCUT2D eigenvalue weighted by Gasteiger charge is 2.09. The molecule has 1 amide bonds. The standard InChI is InChI=1S/C11H20N2O2/c1-10(2)15-11(14)12-6-9-13-7-4-3-5-8-13/h1,3-9H2,2H3,(H,12,14). The molecule has 4 heteroatoms. The number of carbonyl (C=O) groups excluding carboxylic acids is 1. The molecule has 0 unspecified atom stereocenters. The third kappa shape index (κ3) is 5.42. The van der Waals surface area contributed by atoms with Crippen LogP contribution in [0.1, 0.15) is 26.2 Å². The van der Waals surface area contributed by atoms with Crippen molar-refractivity contribution in [3.63, 3.8) is 0 Å². The number of piperidine rings is 1. The number of amides is 1. The Hall–Kier alpha value is -1.03. The maximum atomic E-state index is 11.1. The van der Waals surface area contributed by atoms with E-state index in [2.05, 4.69) is 16.8 Å². The zero-order valence-electron chi connectivity index (χ0n) is 9.42. The summed E-state index contributed by atoms with van der Waals surface area (Å²) in [5, 5.41) is 2.70. The van der Waals surface area contributed by atoms with Crippen molar-refractivity contribution in [2.24, 2.45) is 0 Å². The molecule has 1 heterocycles. The van der Waals surface area contributed by atoms with Crippen molar-refractivity contribution in [2.75, 3.05) is 26.2 Å². The number of alkyl carbamates (subject to hydrolysis) is 1. The van der Waals surface area contributed by atoms with Crippen LogP contribution in [0.5, 0.6) is 0 Å². The van der Waals surface area contributed by atoms with Crippen LogP contribution < -0.4 is 5.32 Å². The third-order valence-electron chi connectivity index (χ3n) is 2.41. The lowest BCUT2D eigenvalue weighted by atomic mass is 10.1. The van der Waals surface area contributed by atoms with Gasteiger partial charge in [0.2, 0.25) is 0 Å². The largest absolute Gasteiger partial charge is 0.416 e.